The SMILES string of the molecule is CCOC(=O)C[C@H](N)c1cc(Br)cc(C2(C#N)CC2)c1. The zero-order chi connectivity index (χ0) is 14.8. The van der Waals surface area contributed by atoms with E-state index in [2.05, 4.69) is 22.0 Å². The summed E-state index contributed by atoms with van der Waals surface area (Å²) in [5.74, 6) is -0.303. The van der Waals surface area contributed by atoms with Gasteiger partial charge in [-0.15, -0.1) is 0 Å². The Morgan fingerprint density at radius 2 is 2.25 bits per heavy atom. The van der Waals surface area contributed by atoms with Gasteiger partial charge in [0, 0.05) is 10.5 Å². The molecule has 20 heavy (non-hydrogen) atoms. The maximum atomic E-state index is 11.5. The first-order chi connectivity index (χ1) is 9.50. The largest absolute Gasteiger partial charge is 0.466 e. The lowest BCUT2D eigenvalue weighted by Crippen LogP contribution is -2.18. The van der Waals surface area contributed by atoms with Crippen molar-refractivity contribution in [2.24, 2.45) is 5.73 Å². The van der Waals surface area contributed by atoms with Crippen molar-refractivity contribution in [2.45, 2.75) is 37.6 Å². The molecule has 0 aliphatic heterocycles. The molecule has 0 aromatic heterocycles. The number of nitrogens with two attached hydrogens (primary N) is 1. The van der Waals surface area contributed by atoms with Gasteiger partial charge in [0.1, 0.15) is 0 Å². The van der Waals surface area contributed by atoms with Crippen molar-refractivity contribution in [3.63, 3.8) is 0 Å². The maximum Gasteiger partial charge on any atom is 0.307 e. The van der Waals surface area contributed by atoms with Crippen LogP contribution in [0.2, 0.25) is 0 Å². The van der Waals surface area contributed by atoms with Gasteiger partial charge in [-0.05, 0) is 43.0 Å². The first-order valence-corrected chi connectivity index (χ1v) is 7.43. The summed E-state index contributed by atoms with van der Waals surface area (Å²) in [7, 11) is 0. The average molecular weight is 337 g/mol. The average Bonchev–Trinajstić information content (AvgIpc) is 3.19. The van der Waals surface area contributed by atoms with E-state index in [4.69, 9.17) is 10.5 Å². The number of hydrogen-bond donors (Lipinski definition) is 1. The van der Waals surface area contributed by atoms with E-state index in [9.17, 15) is 10.1 Å². The van der Waals surface area contributed by atoms with Crippen molar-refractivity contribution in [3.8, 4) is 6.07 Å². The highest BCUT2D eigenvalue weighted by Crippen LogP contribution is 2.48. The van der Waals surface area contributed by atoms with Crippen molar-refractivity contribution < 1.29 is 9.53 Å². The van der Waals surface area contributed by atoms with E-state index in [1.165, 1.54) is 0 Å². The molecule has 1 atom stereocenters. The number of hydrogen-bond acceptors (Lipinski definition) is 4. The van der Waals surface area contributed by atoms with Gasteiger partial charge < -0.3 is 10.5 Å². The second kappa shape index (κ2) is 5.94. The van der Waals surface area contributed by atoms with Crippen molar-refractivity contribution in [3.05, 3.63) is 33.8 Å². The molecule has 0 bridgehead atoms. The van der Waals surface area contributed by atoms with E-state index in [1.54, 1.807) is 6.92 Å². The molecule has 1 aromatic carbocycles. The standard InChI is InChI=1S/C15H17BrN2O2/c1-2-20-14(19)8-13(18)10-5-11(7-12(16)6-10)15(9-17)3-4-15/h5-7,13H,2-4,8,18H2,1H3/t13-/m0/s1. The Labute approximate surface area is 127 Å². The molecule has 1 saturated carbocycles. The summed E-state index contributed by atoms with van der Waals surface area (Å²) in [4.78, 5) is 11.5. The summed E-state index contributed by atoms with van der Waals surface area (Å²) < 4.78 is 5.79. The Morgan fingerprint density at radius 1 is 1.55 bits per heavy atom. The fourth-order valence-corrected chi connectivity index (χ4v) is 2.72. The number of benzene rings is 1. The molecule has 0 unspecified atom stereocenters. The Kier molecular flexibility index (Phi) is 4.46. The van der Waals surface area contributed by atoms with Gasteiger partial charge in [-0.25, -0.2) is 0 Å². The number of carbonyl (C=O) groups excluding carboxylic acids is 1. The molecule has 1 aromatic rings. The minimum Gasteiger partial charge on any atom is -0.466 e. The molecule has 4 nitrogen and oxygen atoms in total. The fraction of sp³-hybridized carbons (Fsp3) is 0.467. The molecular weight excluding hydrogens is 320 g/mol. The highest BCUT2D eigenvalue weighted by Gasteiger charge is 2.45. The molecule has 0 spiro atoms. The summed E-state index contributed by atoms with van der Waals surface area (Å²) in [6.45, 7) is 2.12. The van der Waals surface area contributed by atoms with Gasteiger partial charge in [0.15, 0.2) is 0 Å². The van der Waals surface area contributed by atoms with Crippen molar-refractivity contribution in [1.82, 2.24) is 0 Å². The third-order valence-corrected chi connectivity index (χ3v) is 4.01. The molecule has 1 fully saturated rings. The van der Waals surface area contributed by atoms with Gasteiger partial charge >= 0.3 is 5.97 Å². The number of rotatable bonds is 5. The van der Waals surface area contributed by atoms with Gasteiger partial charge in [0.2, 0.25) is 0 Å². The van der Waals surface area contributed by atoms with Crippen LogP contribution in [0.3, 0.4) is 0 Å². The summed E-state index contributed by atoms with van der Waals surface area (Å²) in [5, 5.41) is 9.28. The van der Waals surface area contributed by atoms with Gasteiger partial charge in [-0.2, -0.15) is 5.26 Å². The molecule has 0 radical (unpaired) electrons. The zero-order valence-electron chi connectivity index (χ0n) is 11.4. The molecule has 106 valence electrons. The van der Waals surface area contributed by atoms with E-state index >= 15 is 0 Å². The first kappa shape index (κ1) is 15.0. The van der Waals surface area contributed by atoms with Crippen LogP contribution in [0.25, 0.3) is 0 Å². The Morgan fingerprint density at radius 3 is 2.80 bits per heavy atom. The molecule has 2 rings (SSSR count). The molecule has 2 N–H and O–H groups in total. The molecule has 1 aliphatic carbocycles. The molecule has 0 saturated heterocycles. The molecule has 0 heterocycles. The summed E-state index contributed by atoms with van der Waals surface area (Å²) in [5.41, 5.74) is 7.53. The van der Waals surface area contributed by atoms with E-state index in [0.29, 0.717) is 6.61 Å². The number of ether oxygens (including phenoxy) is 1. The Balaban J connectivity index is 2.20. The number of nitriles is 1. The molecular formula is C15H17BrN2O2. The van der Waals surface area contributed by atoms with Crippen molar-refractivity contribution in [1.29, 1.82) is 5.26 Å². The second-order valence-corrected chi connectivity index (χ2v) is 6.00. The van der Waals surface area contributed by atoms with Crippen LogP contribution in [-0.2, 0) is 14.9 Å². The highest BCUT2D eigenvalue weighted by atomic mass is 79.9. The van der Waals surface area contributed by atoms with Crippen LogP contribution in [0.15, 0.2) is 22.7 Å². The Bertz CT molecular complexity index is 561. The van der Waals surface area contributed by atoms with E-state index < -0.39 is 6.04 Å². The number of halogens is 1. The predicted molar refractivity (Wildman–Crippen MR) is 78.8 cm³/mol. The van der Waals surface area contributed by atoms with E-state index in [-0.39, 0.29) is 17.8 Å². The van der Waals surface area contributed by atoms with Crippen molar-refractivity contribution >= 4 is 21.9 Å². The van der Waals surface area contributed by atoms with Gasteiger partial charge in [-0.1, -0.05) is 22.0 Å². The van der Waals surface area contributed by atoms with Gasteiger partial charge in [0.25, 0.3) is 0 Å². The lowest BCUT2D eigenvalue weighted by molar-refractivity contribution is -0.143. The fourth-order valence-electron chi connectivity index (χ4n) is 2.21. The van der Waals surface area contributed by atoms with Crippen molar-refractivity contribution in [2.75, 3.05) is 6.61 Å². The van der Waals surface area contributed by atoms with E-state index in [1.807, 2.05) is 18.2 Å². The van der Waals surface area contributed by atoms with E-state index in [0.717, 1.165) is 28.4 Å². The number of nitrogens with zero attached hydrogens (tertiary/aromatic N) is 1. The third-order valence-electron chi connectivity index (χ3n) is 3.56. The summed E-state index contributed by atoms with van der Waals surface area (Å²) in [6, 6.07) is 7.73. The number of carbonyl (C=O) groups is 1. The zero-order valence-corrected chi connectivity index (χ0v) is 12.9. The minimum absolute atomic E-state index is 0.142. The van der Waals surface area contributed by atoms with Crippen LogP contribution in [0, 0.1) is 11.3 Å². The topological polar surface area (TPSA) is 76.1 Å². The van der Waals surface area contributed by atoms with Crippen LogP contribution in [0.5, 0.6) is 0 Å². The van der Waals surface area contributed by atoms with Crippen LogP contribution in [-0.4, -0.2) is 12.6 Å². The quantitative estimate of drug-likeness (QED) is 0.838. The van der Waals surface area contributed by atoms with Crippen LogP contribution >= 0.6 is 15.9 Å². The maximum absolute atomic E-state index is 11.5. The van der Waals surface area contributed by atoms with Crippen LogP contribution < -0.4 is 5.73 Å². The van der Waals surface area contributed by atoms with Gasteiger partial charge in [0.05, 0.1) is 24.5 Å². The second-order valence-electron chi connectivity index (χ2n) is 5.08. The monoisotopic (exact) mass is 336 g/mol. The summed E-state index contributed by atoms with van der Waals surface area (Å²) in [6.07, 6.45) is 1.91. The van der Waals surface area contributed by atoms with Crippen LogP contribution in [0.1, 0.15) is 43.4 Å². The predicted octanol–water partition coefficient (Wildman–Crippen LogP) is 2.96. The first-order valence-electron chi connectivity index (χ1n) is 6.64. The molecule has 1 aliphatic rings. The smallest absolute Gasteiger partial charge is 0.307 e. The van der Waals surface area contributed by atoms with Gasteiger partial charge in [-0.3, -0.25) is 4.79 Å². The highest BCUT2D eigenvalue weighted by molar-refractivity contribution is 9.10. The minimum atomic E-state index is -0.417. The van der Waals surface area contributed by atoms with Crippen LogP contribution in [0.4, 0.5) is 0 Å². The normalized spacial score (nSPS) is 17.1. The lowest BCUT2D eigenvalue weighted by Gasteiger charge is -2.15. The Hall–Kier alpha value is -1.38. The lowest BCUT2D eigenvalue weighted by atomic mass is 9.93. The summed E-state index contributed by atoms with van der Waals surface area (Å²) >= 11 is 3.45. The molecule has 0 amide bonds. The number of esters is 1. The molecule has 5 heteroatoms. The third kappa shape index (κ3) is 3.20.